The lowest BCUT2D eigenvalue weighted by Crippen LogP contribution is -1.94. The largest absolute Gasteiger partial charge is 0.317 e. The highest BCUT2D eigenvalue weighted by Gasteiger charge is 2.02. The summed E-state index contributed by atoms with van der Waals surface area (Å²) < 4.78 is 1.88. The van der Waals surface area contributed by atoms with Crippen molar-refractivity contribution in [2.45, 2.75) is 0 Å². The first-order valence-electron chi connectivity index (χ1n) is 5.20. The molecule has 0 aliphatic rings. The van der Waals surface area contributed by atoms with Crippen molar-refractivity contribution in [3.63, 3.8) is 0 Å². The third-order valence-electron chi connectivity index (χ3n) is 2.42. The van der Waals surface area contributed by atoms with Crippen LogP contribution in [-0.4, -0.2) is 4.57 Å². The maximum absolute atomic E-state index is 8.76. The van der Waals surface area contributed by atoms with Crippen molar-refractivity contribution in [2.24, 2.45) is 0 Å². The molecule has 0 aliphatic carbocycles. The lowest BCUT2D eigenvalue weighted by atomic mass is 10.2. The Kier molecular flexibility index (Phi) is 3.48. The van der Waals surface area contributed by atoms with E-state index in [0.29, 0.717) is 5.02 Å². The summed E-state index contributed by atoms with van der Waals surface area (Å²) in [5.41, 5.74) is 1.77. The average Bonchev–Trinajstić information content (AvgIpc) is 2.85. The van der Waals surface area contributed by atoms with Gasteiger partial charge in [0.2, 0.25) is 0 Å². The molecule has 0 unspecified atom stereocenters. The van der Waals surface area contributed by atoms with E-state index in [1.54, 1.807) is 18.2 Å². The third kappa shape index (κ3) is 2.43. The molecule has 1 heterocycles. The van der Waals surface area contributed by atoms with E-state index in [2.05, 4.69) is 0 Å². The lowest BCUT2D eigenvalue weighted by molar-refractivity contribution is 1.06. The van der Waals surface area contributed by atoms with Crippen molar-refractivity contribution in [1.29, 1.82) is 10.5 Å². The number of nitriles is 2. The topological polar surface area (TPSA) is 52.5 Å². The van der Waals surface area contributed by atoms with Crippen LogP contribution in [0.5, 0.6) is 0 Å². The fourth-order valence-corrected chi connectivity index (χ4v) is 1.71. The van der Waals surface area contributed by atoms with E-state index < -0.39 is 0 Å². The van der Waals surface area contributed by atoms with Crippen molar-refractivity contribution < 1.29 is 0 Å². The molecule has 2 rings (SSSR count). The van der Waals surface area contributed by atoms with E-state index in [-0.39, 0.29) is 5.57 Å². The molecule has 18 heavy (non-hydrogen) atoms. The Hall–Kier alpha value is -2.49. The van der Waals surface area contributed by atoms with Gasteiger partial charge < -0.3 is 4.57 Å². The minimum atomic E-state index is 0.0731. The maximum Gasteiger partial charge on any atom is 0.131 e. The highest BCUT2D eigenvalue weighted by molar-refractivity contribution is 6.30. The van der Waals surface area contributed by atoms with E-state index in [9.17, 15) is 0 Å². The summed E-state index contributed by atoms with van der Waals surface area (Å²) in [5, 5.41) is 18.2. The number of hydrogen-bond acceptors (Lipinski definition) is 2. The van der Waals surface area contributed by atoms with Gasteiger partial charge in [-0.3, -0.25) is 0 Å². The van der Waals surface area contributed by atoms with Crippen LogP contribution in [0.25, 0.3) is 11.8 Å². The van der Waals surface area contributed by atoms with Gasteiger partial charge in [0.25, 0.3) is 0 Å². The molecule has 4 heteroatoms. The van der Waals surface area contributed by atoms with Crippen molar-refractivity contribution >= 4 is 17.7 Å². The van der Waals surface area contributed by atoms with Gasteiger partial charge in [0, 0.05) is 22.6 Å². The predicted molar refractivity (Wildman–Crippen MR) is 70.0 cm³/mol. The molecular formula is C14H8ClN3. The van der Waals surface area contributed by atoms with Crippen LogP contribution in [0.1, 0.15) is 5.69 Å². The maximum atomic E-state index is 8.76. The summed E-state index contributed by atoms with van der Waals surface area (Å²) in [5.74, 6) is 0. The second-order valence-corrected chi connectivity index (χ2v) is 4.00. The van der Waals surface area contributed by atoms with Gasteiger partial charge in [-0.05, 0) is 42.5 Å². The Morgan fingerprint density at radius 1 is 1.11 bits per heavy atom. The number of benzene rings is 1. The van der Waals surface area contributed by atoms with Crippen LogP contribution in [-0.2, 0) is 0 Å². The van der Waals surface area contributed by atoms with Gasteiger partial charge in [-0.15, -0.1) is 0 Å². The molecule has 1 aromatic carbocycles. The molecular weight excluding hydrogens is 246 g/mol. The number of halogens is 1. The summed E-state index contributed by atoms with van der Waals surface area (Å²) >= 11 is 5.83. The van der Waals surface area contributed by atoms with E-state index in [1.807, 2.05) is 47.2 Å². The zero-order valence-corrected chi connectivity index (χ0v) is 10.1. The van der Waals surface area contributed by atoms with Gasteiger partial charge >= 0.3 is 0 Å². The van der Waals surface area contributed by atoms with Gasteiger partial charge in [0.1, 0.15) is 17.7 Å². The molecule has 0 N–H and O–H groups in total. The van der Waals surface area contributed by atoms with E-state index in [1.165, 1.54) is 0 Å². The summed E-state index contributed by atoms with van der Waals surface area (Å²) in [7, 11) is 0. The average molecular weight is 254 g/mol. The van der Waals surface area contributed by atoms with E-state index >= 15 is 0 Å². The Labute approximate surface area is 110 Å². The molecule has 1 aromatic heterocycles. The molecule has 0 aliphatic heterocycles. The second-order valence-electron chi connectivity index (χ2n) is 3.56. The number of hydrogen-bond donors (Lipinski definition) is 0. The quantitative estimate of drug-likeness (QED) is 0.769. The first-order valence-corrected chi connectivity index (χ1v) is 5.57. The summed E-state index contributed by atoms with van der Waals surface area (Å²) in [6, 6.07) is 14.7. The Balaban J connectivity index is 2.47. The Morgan fingerprint density at radius 2 is 1.78 bits per heavy atom. The zero-order valence-electron chi connectivity index (χ0n) is 9.34. The molecule has 0 radical (unpaired) electrons. The smallest absolute Gasteiger partial charge is 0.131 e. The first-order chi connectivity index (χ1) is 8.74. The zero-order chi connectivity index (χ0) is 13.0. The minimum Gasteiger partial charge on any atom is -0.317 e. The van der Waals surface area contributed by atoms with Crippen LogP contribution in [0.15, 0.2) is 48.2 Å². The Morgan fingerprint density at radius 3 is 2.39 bits per heavy atom. The van der Waals surface area contributed by atoms with Crippen LogP contribution in [0.3, 0.4) is 0 Å². The van der Waals surface area contributed by atoms with Crippen LogP contribution in [0.2, 0.25) is 5.02 Å². The van der Waals surface area contributed by atoms with Gasteiger partial charge in [-0.25, -0.2) is 0 Å². The van der Waals surface area contributed by atoms with Crippen molar-refractivity contribution in [3.8, 4) is 17.8 Å². The van der Waals surface area contributed by atoms with E-state index in [4.69, 9.17) is 22.1 Å². The van der Waals surface area contributed by atoms with Gasteiger partial charge in [-0.2, -0.15) is 10.5 Å². The molecule has 0 fully saturated rings. The lowest BCUT2D eigenvalue weighted by Gasteiger charge is -2.06. The fourth-order valence-electron chi connectivity index (χ4n) is 1.59. The number of rotatable bonds is 2. The van der Waals surface area contributed by atoms with Crippen molar-refractivity contribution in [2.75, 3.05) is 0 Å². The fraction of sp³-hybridized carbons (Fsp3) is 0. The van der Waals surface area contributed by atoms with E-state index in [0.717, 1.165) is 11.4 Å². The summed E-state index contributed by atoms with van der Waals surface area (Å²) in [4.78, 5) is 0. The predicted octanol–water partition coefficient (Wildman–Crippen LogP) is 3.56. The standard InChI is InChI=1S/C14H8ClN3/c15-12-3-5-13(6-4-12)18-7-1-2-14(18)8-11(9-16)10-17/h1-8H. The third-order valence-corrected chi connectivity index (χ3v) is 2.67. The molecule has 3 nitrogen and oxygen atoms in total. The van der Waals surface area contributed by atoms with Gasteiger partial charge in [-0.1, -0.05) is 11.6 Å². The molecule has 2 aromatic rings. The minimum absolute atomic E-state index is 0.0731. The number of allylic oxidation sites excluding steroid dienone is 1. The van der Waals surface area contributed by atoms with Gasteiger partial charge in [0.15, 0.2) is 0 Å². The second kappa shape index (κ2) is 5.23. The summed E-state index contributed by atoms with van der Waals surface area (Å²) in [6.45, 7) is 0. The Bertz CT molecular complexity index is 650. The first kappa shape index (κ1) is 12.0. The highest BCUT2D eigenvalue weighted by atomic mass is 35.5. The van der Waals surface area contributed by atoms with Crippen molar-refractivity contribution in [1.82, 2.24) is 4.57 Å². The molecule has 0 saturated carbocycles. The molecule has 0 atom stereocenters. The molecule has 0 saturated heterocycles. The monoisotopic (exact) mass is 253 g/mol. The number of aromatic nitrogens is 1. The van der Waals surface area contributed by atoms with Crippen molar-refractivity contribution in [3.05, 3.63) is 58.9 Å². The van der Waals surface area contributed by atoms with Gasteiger partial charge in [0.05, 0.1) is 0 Å². The molecule has 0 amide bonds. The molecule has 86 valence electrons. The van der Waals surface area contributed by atoms with Crippen LogP contribution < -0.4 is 0 Å². The summed E-state index contributed by atoms with van der Waals surface area (Å²) in [6.07, 6.45) is 3.41. The SMILES string of the molecule is N#CC(C#N)=Cc1cccn1-c1ccc(Cl)cc1. The normalized spacial score (nSPS) is 9.28. The molecule has 0 bridgehead atoms. The van der Waals surface area contributed by atoms with Crippen LogP contribution >= 0.6 is 11.6 Å². The van der Waals surface area contributed by atoms with Crippen LogP contribution in [0.4, 0.5) is 0 Å². The van der Waals surface area contributed by atoms with Crippen LogP contribution in [0, 0.1) is 22.7 Å². The molecule has 0 spiro atoms. The highest BCUT2D eigenvalue weighted by Crippen LogP contribution is 2.17. The number of nitrogens with zero attached hydrogens (tertiary/aromatic N) is 3.